The number of hydrogen-bond donors (Lipinski definition) is 0. The molecular weight excluding hydrogens is 677 g/mol. The molecule has 6 heteroatoms. The monoisotopic (exact) mass is 706 g/mol. The first-order valence-electron chi connectivity index (χ1n) is 18.3. The molecule has 11 aromatic rings. The molecule has 0 aliphatic carbocycles. The van der Waals surface area contributed by atoms with Crippen molar-refractivity contribution in [3.8, 4) is 34.2 Å². The van der Waals surface area contributed by atoms with Gasteiger partial charge in [0.25, 0.3) is 0 Å². The van der Waals surface area contributed by atoms with E-state index in [0.29, 0.717) is 17.5 Å². The Morgan fingerprint density at radius 1 is 0.345 bits per heavy atom. The smallest absolute Gasteiger partial charge is 0.164 e. The summed E-state index contributed by atoms with van der Waals surface area (Å²) in [5, 5.41) is 6.48. The first-order chi connectivity index (χ1) is 27.2. The highest BCUT2D eigenvalue weighted by atomic mass is 16.3. The lowest BCUT2D eigenvalue weighted by molar-refractivity contribution is 0.668. The van der Waals surface area contributed by atoms with E-state index in [1.807, 2.05) is 78.9 Å². The van der Waals surface area contributed by atoms with E-state index >= 15 is 0 Å². The Hall–Kier alpha value is -7.57. The number of benzene rings is 8. The third-order valence-corrected chi connectivity index (χ3v) is 10.3. The third kappa shape index (κ3) is 5.23. The molecule has 0 saturated heterocycles. The molecule has 258 valence electrons. The second-order valence-corrected chi connectivity index (χ2v) is 13.6. The predicted molar refractivity (Wildman–Crippen MR) is 223 cm³/mol. The van der Waals surface area contributed by atoms with E-state index in [0.717, 1.165) is 77.6 Å². The number of para-hydroxylation sites is 1. The summed E-state index contributed by atoms with van der Waals surface area (Å²) >= 11 is 0. The highest BCUT2D eigenvalue weighted by Gasteiger charge is 2.21. The highest BCUT2D eigenvalue weighted by Crippen LogP contribution is 2.43. The quantitative estimate of drug-likeness (QED) is 0.171. The van der Waals surface area contributed by atoms with Crippen LogP contribution in [0.4, 0.5) is 17.1 Å². The Labute approximate surface area is 315 Å². The van der Waals surface area contributed by atoms with Crippen LogP contribution in [0.2, 0.25) is 0 Å². The van der Waals surface area contributed by atoms with Gasteiger partial charge in [-0.25, -0.2) is 15.0 Å². The normalized spacial score (nSPS) is 11.6. The summed E-state index contributed by atoms with van der Waals surface area (Å²) in [7, 11) is 0. The summed E-state index contributed by atoms with van der Waals surface area (Å²) in [6, 6.07) is 62.1. The van der Waals surface area contributed by atoms with Gasteiger partial charge in [-0.1, -0.05) is 121 Å². The van der Waals surface area contributed by atoms with E-state index in [1.165, 1.54) is 10.8 Å². The van der Waals surface area contributed by atoms with Crippen molar-refractivity contribution in [3.05, 3.63) is 182 Å². The zero-order valence-corrected chi connectivity index (χ0v) is 29.4. The number of aromatic nitrogens is 3. The number of nitrogens with zero attached hydrogens (tertiary/aromatic N) is 4. The largest absolute Gasteiger partial charge is 0.456 e. The molecule has 0 aliphatic rings. The van der Waals surface area contributed by atoms with Gasteiger partial charge in [-0.15, -0.1) is 0 Å². The predicted octanol–water partition coefficient (Wildman–Crippen LogP) is 13.3. The minimum absolute atomic E-state index is 0.587. The molecule has 6 nitrogen and oxygen atoms in total. The molecule has 0 aliphatic heterocycles. The molecule has 0 atom stereocenters. The van der Waals surface area contributed by atoms with E-state index in [1.54, 1.807) is 0 Å². The summed E-state index contributed by atoms with van der Waals surface area (Å²) in [6.07, 6.45) is 0. The van der Waals surface area contributed by atoms with Crippen molar-refractivity contribution in [2.45, 2.75) is 0 Å². The SMILES string of the molecule is c1ccc(-c2nc(-c3ccccc3)nc(-c3cccc4oc5cc(N(c6ccccc6)c6ccc7oc8ccc9ccccc9c8c7c6)ccc5c34)n2)cc1. The molecule has 0 radical (unpaired) electrons. The van der Waals surface area contributed by atoms with E-state index < -0.39 is 0 Å². The van der Waals surface area contributed by atoms with E-state index in [4.69, 9.17) is 23.8 Å². The van der Waals surface area contributed by atoms with Gasteiger partial charge in [-0.05, 0) is 65.4 Å². The Bertz CT molecular complexity index is 3150. The van der Waals surface area contributed by atoms with Gasteiger partial charge in [-0.2, -0.15) is 0 Å². The van der Waals surface area contributed by atoms with Crippen LogP contribution in [-0.4, -0.2) is 15.0 Å². The minimum Gasteiger partial charge on any atom is -0.456 e. The van der Waals surface area contributed by atoms with Crippen LogP contribution in [0.5, 0.6) is 0 Å². The van der Waals surface area contributed by atoms with Gasteiger partial charge in [0, 0.05) is 61.4 Å². The van der Waals surface area contributed by atoms with Crippen molar-refractivity contribution in [1.29, 1.82) is 0 Å². The molecule has 0 saturated carbocycles. The number of anilines is 3. The fraction of sp³-hybridized carbons (Fsp3) is 0. The molecule has 3 heterocycles. The van der Waals surface area contributed by atoms with Crippen LogP contribution < -0.4 is 4.90 Å². The summed E-state index contributed by atoms with van der Waals surface area (Å²) < 4.78 is 13.0. The van der Waals surface area contributed by atoms with Crippen molar-refractivity contribution in [1.82, 2.24) is 15.0 Å². The molecule has 3 aromatic heterocycles. The Morgan fingerprint density at radius 2 is 0.945 bits per heavy atom. The zero-order chi connectivity index (χ0) is 36.3. The molecule has 0 spiro atoms. The minimum atomic E-state index is 0.587. The number of furan rings is 2. The number of fused-ring (bicyclic) bond motifs is 8. The van der Waals surface area contributed by atoms with Crippen LogP contribution in [0.25, 0.3) is 88.8 Å². The first-order valence-corrected chi connectivity index (χ1v) is 18.3. The van der Waals surface area contributed by atoms with Crippen LogP contribution in [0.3, 0.4) is 0 Å². The van der Waals surface area contributed by atoms with Gasteiger partial charge < -0.3 is 13.7 Å². The van der Waals surface area contributed by atoms with Crippen molar-refractivity contribution < 1.29 is 8.83 Å². The molecule has 0 unspecified atom stereocenters. The standard InChI is InChI=1S/C49H30N4O2/c1-4-14-32(15-5-1)47-50-48(33-16-6-2-7-17-33)52-49(51-47)39-21-12-22-42-46(39)38-26-24-36(30-44(38)55-42)53(34-18-8-3-9-19-34)35-25-28-41-40(29-35)45-37-20-11-10-13-31(37)23-27-43(45)54-41/h1-30H. The van der Waals surface area contributed by atoms with Gasteiger partial charge in [0.2, 0.25) is 0 Å². The van der Waals surface area contributed by atoms with Gasteiger partial charge in [0.05, 0.1) is 0 Å². The second-order valence-electron chi connectivity index (χ2n) is 13.6. The van der Waals surface area contributed by atoms with Crippen molar-refractivity contribution >= 4 is 71.7 Å². The molecule has 8 aromatic carbocycles. The Kier molecular flexibility index (Phi) is 7.07. The second kappa shape index (κ2) is 12.5. The number of hydrogen-bond acceptors (Lipinski definition) is 6. The van der Waals surface area contributed by atoms with Crippen LogP contribution in [0, 0.1) is 0 Å². The Balaban J connectivity index is 1.08. The van der Waals surface area contributed by atoms with Gasteiger partial charge in [-0.3, -0.25) is 0 Å². The highest BCUT2D eigenvalue weighted by molar-refractivity contribution is 6.19. The average Bonchev–Trinajstić information content (AvgIpc) is 3.83. The maximum atomic E-state index is 6.66. The van der Waals surface area contributed by atoms with Crippen LogP contribution in [0.1, 0.15) is 0 Å². The summed E-state index contributed by atoms with van der Waals surface area (Å²) in [6.45, 7) is 0. The average molecular weight is 707 g/mol. The van der Waals surface area contributed by atoms with Gasteiger partial charge in [0.1, 0.15) is 22.3 Å². The fourth-order valence-corrected chi connectivity index (χ4v) is 7.77. The topological polar surface area (TPSA) is 68.2 Å². The maximum Gasteiger partial charge on any atom is 0.164 e. The molecule has 0 N–H and O–H groups in total. The lowest BCUT2D eigenvalue weighted by Gasteiger charge is -2.25. The maximum absolute atomic E-state index is 6.66. The van der Waals surface area contributed by atoms with Gasteiger partial charge >= 0.3 is 0 Å². The van der Waals surface area contributed by atoms with E-state index in [9.17, 15) is 0 Å². The molecule has 11 rings (SSSR count). The van der Waals surface area contributed by atoms with E-state index in [2.05, 4.69) is 108 Å². The molecule has 0 amide bonds. The first kappa shape index (κ1) is 31.0. The van der Waals surface area contributed by atoms with Crippen molar-refractivity contribution in [2.75, 3.05) is 4.90 Å². The van der Waals surface area contributed by atoms with Crippen LogP contribution >= 0.6 is 0 Å². The lowest BCUT2D eigenvalue weighted by Crippen LogP contribution is -2.09. The third-order valence-electron chi connectivity index (χ3n) is 10.3. The van der Waals surface area contributed by atoms with Crippen LogP contribution in [0.15, 0.2) is 191 Å². The summed E-state index contributed by atoms with van der Waals surface area (Å²) in [5.74, 6) is 1.82. The summed E-state index contributed by atoms with van der Waals surface area (Å²) in [4.78, 5) is 17.3. The van der Waals surface area contributed by atoms with Crippen molar-refractivity contribution in [3.63, 3.8) is 0 Å². The molecule has 0 fully saturated rings. The number of rotatable bonds is 6. The molecule has 0 bridgehead atoms. The van der Waals surface area contributed by atoms with Crippen molar-refractivity contribution in [2.24, 2.45) is 0 Å². The van der Waals surface area contributed by atoms with Gasteiger partial charge in [0.15, 0.2) is 17.5 Å². The molecule has 55 heavy (non-hydrogen) atoms. The molecular formula is C49H30N4O2. The summed E-state index contributed by atoms with van der Waals surface area (Å²) in [5.41, 5.74) is 8.99. The fourth-order valence-electron chi connectivity index (χ4n) is 7.77. The zero-order valence-electron chi connectivity index (χ0n) is 29.4. The Morgan fingerprint density at radius 3 is 1.71 bits per heavy atom. The lowest BCUT2D eigenvalue weighted by atomic mass is 10.0. The van der Waals surface area contributed by atoms with Crippen LogP contribution in [-0.2, 0) is 0 Å². The van der Waals surface area contributed by atoms with E-state index in [-0.39, 0.29) is 0 Å².